The van der Waals surface area contributed by atoms with Crippen molar-refractivity contribution in [2.45, 2.75) is 33.4 Å². The number of nitrogens with zero attached hydrogens (tertiary/aromatic N) is 2. The molecule has 0 aliphatic heterocycles. The van der Waals surface area contributed by atoms with Gasteiger partial charge in [-0.05, 0) is 20.8 Å². The molecule has 0 bridgehead atoms. The van der Waals surface area contributed by atoms with Gasteiger partial charge in [-0.3, -0.25) is 0 Å². The Bertz CT molecular complexity index is 360. The quantitative estimate of drug-likeness (QED) is 0.730. The fourth-order valence-electron chi connectivity index (χ4n) is 1.44. The van der Waals surface area contributed by atoms with E-state index >= 15 is 0 Å². The summed E-state index contributed by atoms with van der Waals surface area (Å²) < 4.78 is 10.6. The molecular weight excluding hydrogens is 232 g/mol. The molecule has 102 valence electrons. The molecule has 0 saturated heterocycles. The maximum Gasteiger partial charge on any atom is 0.158 e. The number of aromatic nitrogens is 2. The standard InChI is InChI=1S/C12H22N4O2/c1-4-17-7-9(3)14-11-6-10(13)15-12(16-11)8-18-5-2/h6,9H,4-5,7-8H2,1-3H3,(H3,13,14,15,16). The molecule has 0 amide bonds. The lowest BCUT2D eigenvalue weighted by Gasteiger charge is -2.15. The first kappa shape index (κ1) is 14.7. The average molecular weight is 254 g/mol. The number of anilines is 2. The van der Waals surface area contributed by atoms with E-state index in [2.05, 4.69) is 15.3 Å². The molecule has 0 saturated carbocycles. The minimum Gasteiger partial charge on any atom is -0.384 e. The van der Waals surface area contributed by atoms with Gasteiger partial charge in [-0.2, -0.15) is 0 Å². The first-order chi connectivity index (χ1) is 8.65. The molecule has 1 heterocycles. The van der Waals surface area contributed by atoms with Gasteiger partial charge in [-0.25, -0.2) is 9.97 Å². The highest BCUT2D eigenvalue weighted by atomic mass is 16.5. The minimum absolute atomic E-state index is 0.166. The van der Waals surface area contributed by atoms with Gasteiger partial charge in [0.1, 0.15) is 18.2 Å². The summed E-state index contributed by atoms with van der Waals surface area (Å²) in [5.74, 6) is 1.72. The summed E-state index contributed by atoms with van der Waals surface area (Å²) in [6.45, 7) is 8.24. The summed E-state index contributed by atoms with van der Waals surface area (Å²) in [5.41, 5.74) is 5.73. The van der Waals surface area contributed by atoms with E-state index in [1.165, 1.54) is 0 Å². The lowest BCUT2D eigenvalue weighted by Crippen LogP contribution is -2.23. The Hall–Kier alpha value is -1.40. The molecule has 0 aromatic carbocycles. The van der Waals surface area contributed by atoms with Crippen LogP contribution in [-0.2, 0) is 16.1 Å². The number of nitrogens with two attached hydrogens (primary N) is 1. The highest BCUT2D eigenvalue weighted by Crippen LogP contribution is 2.10. The van der Waals surface area contributed by atoms with E-state index in [0.717, 1.165) is 0 Å². The zero-order valence-electron chi connectivity index (χ0n) is 11.3. The SMILES string of the molecule is CCOCc1nc(N)cc(NC(C)COCC)n1. The Kier molecular flexibility index (Phi) is 6.38. The van der Waals surface area contributed by atoms with Crippen molar-refractivity contribution >= 4 is 11.6 Å². The van der Waals surface area contributed by atoms with Crippen molar-refractivity contribution in [3.63, 3.8) is 0 Å². The number of hydrogen-bond donors (Lipinski definition) is 2. The van der Waals surface area contributed by atoms with Gasteiger partial charge in [0.05, 0.1) is 6.61 Å². The van der Waals surface area contributed by atoms with Crippen LogP contribution < -0.4 is 11.1 Å². The Morgan fingerprint density at radius 3 is 2.67 bits per heavy atom. The van der Waals surface area contributed by atoms with Crippen molar-refractivity contribution < 1.29 is 9.47 Å². The van der Waals surface area contributed by atoms with Crippen LogP contribution in [0.2, 0.25) is 0 Å². The first-order valence-electron chi connectivity index (χ1n) is 6.21. The molecule has 0 aliphatic carbocycles. The number of nitrogen functional groups attached to an aromatic ring is 1. The van der Waals surface area contributed by atoms with Crippen LogP contribution >= 0.6 is 0 Å². The van der Waals surface area contributed by atoms with E-state index in [4.69, 9.17) is 15.2 Å². The molecule has 18 heavy (non-hydrogen) atoms. The molecule has 0 spiro atoms. The van der Waals surface area contributed by atoms with Crippen molar-refractivity contribution in [1.82, 2.24) is 9.97 Å². The van der Waals surface area contributed by atoms with E-state index < -0.39 is 0 Å². The van der Waals surface area contributed by atoms with Crippen molar-refractivity contribution in [2.24, 2.45) is 0 Å². The molecule has 0 aliphatic rings. The summed E-state index contributed by atoms with van der Waals surface area (Å²) in [4.78, 5) is 8.45. The Labute approximate surface area is 108 Å². The van der Waals surface area contributed by atoms with Crippen LogP contribution in [0.5, 0.6) is 0 Å². The van der Waals surface area contributed by atoms with Crippen molar-refractivity contribution in [2.75, 3.05) is 30.9 Å². The van der Waals surface area contributed by atoms with Crippen LogP contribution in [-0.4, -0.2) is 35.8 Å². The largest absolute Gasteiger partial charge is 0.384 e. The molecule has 1 unspecified atom stereocenters. The molecule has 1 atom stereocenters. The normalized spacial score (nSPS) is 12.4. The smallest absolute Gasteiger partial charge is 0.158 e. The third-order valence-electron chi connectivity index (χ3n) is 2.19. The topological polar surface area (TPSA) is 82.3 Å². The van der Waals surface area contributed by atoms with Crippen LogP contribution in [0.3, 0.4) is 0 Å². The number of ether oxygens (including phenoxy) is 2. The first-order valence-corrected chi connectivity index (χ1v) is 6.21. The highest BCUT2D eigenvalue weighted by Gasteiger charge is 2.06. The maximum atomic E-state index is 5.73. The van der Waals surface area contributed by atoms with Gasteiger partial charge >= 0.3 is 0 Å². The van der Waals surface area contributed by atoms with Crippen LogP contribution in [0.4, 0.5) is 11.6 Å². The zero-order valence-corrected chi connectivity index (χ0v) is 11.3. The zero-order chi connectivity index (χ0) is 13.4. The van der Waals surface area contributed by atoms with Gasteiger partial charge in [-0.1, -0.05) is 0 Å². The maximum absolute atomic E-state index is 5.73. The van der Waals surface area contributed by atoms with Gasteiger partial charge in [0.15, 0.2) is 5.82 Å². The van der Waals surface area contributed by atoms with E-state index in [1.807, 2.05) is 20.8 Å². The molecule has 0 fully saturated rings. The summed E-state index contributed by atoms with van der Waals surface area (Å²) in [6.07, 6.45) is 0. The van der Waals surface area contributed by atoms with E-state index in [9.17, 15) is 0 Å². The Balaban J connectivity index is 2.61. The van der Waals surface area contributed by atoms with Gasteiger partial charge < -0.3 is 20.5 Å². The van der Waals surface area contributed by atoms with Crippen LogP contribution in [0.1, 0.15) is 26.6 Å². The monoisotopic (exact) mass is 254 g/mol. The summed E-state index contributed by atoms with van der Waals surface area (Å²) in [6, 6.07) is 1.87. The lowest BCUT2D eigenvalue weighted by atomic mass is 10.3. The summed E-state index contributed by atoms with van der Waals surface area (Å²) in [7, 11) is 0. The van der Waals surface area contributed by atoms with Crippen molar-refractivity contribution in [1.29, 1.82) is 0 Å². The average Bonchev–Trinajstić information content (AvgIpc) is 2.33. The lowest BCUT2D eigenvalue weighted by molar-refractivity contribution is 0.128. The third kappa shape index (κ3) is 5.29. The Morgan fingerprint density at radius 2 is 2.00 bits per heavy atom. The summed E-state index contributed by atoms with van der Waals surface area (Å²) >= 11 is 0. The minimum atomic E-state index is 0.166. The van der Waals surface area contributed by atoms with E-state index in [1.54, 1.807) is 6.07 Å². The van der Waals surface area contributed by atoms with Crippen LogP contribution in [0.15, 0.2) is 6.07 Å². The molecule has 6 heteroatoms. The molecule has 1 aromatic rings. The number of nitrogens with one attached hydrogen (secondary N) is 1. The molecule has 3 N–H and O–H groups in total. The summed E-state index contributed by atoms with van der Waals surface area (Å²) in [5, 5.41) is 3.22. The van der Waals surface area contributed by atoms with Gasteiger partial charge in [0.25, 0.3) is 0 Å². The fourth-order valence-corrected chi connectivity index (χ4v) is 1.44. The number of rotatable bonds is 8. The van der Waals surface area contributed by atoms with Crippen molar-refractivity contribution in [3.05, 3.63) is 11.9 Å². The number of hydrogen-bond acceptors (Lipinski definition) is 6. The Morgan fingerprint density at radius 1 is 1.28 bits per heavy atom. The molecule has 1 rings (SSSR count). The molecular formula is C12H22N4O2. The second kappa shape index (κ2) is 7.84. The van der Waals surface area contributed by atoms with E-state index in [-0.39, 0.29) is 6.04 Å². The van der Waals surface area contributed by atoms with Gasteiger partial charge in [0.2, 0.25) is 0 Å². The van der Waals surface area contributed by atoms with Crippen LogP contribution in [0.25, 0.3) is 0 Å². The van der Waals surface area contributed by atoms with Gasteiger partial charge in [0, 0.05) is 25.3 Å². The molecule has 6 nitrogen and oxygen atoms in total. The fraction of sp³-hybridized carbons (Fsp3) is 0.667. The molecule has 1 aromatic heterocycles. The predicted octanol–water partition coefficient (Wildman–Crippen LogP) is 1.43. The van der Waals surface area contributed by atoms with E-state index in [0.29, 0.717) is 43.9 Å². The second-order valence-electron chi connectivity index (χ2n) is 3.94. The predicted molar refractivity (Wildman–Crippen MR) is 71.4 cm³/mol. The molecule has 0 radical (unpaired) electrons. The third-order valence-corrected chi connectivity index (χ3v) is 2.19. The van der Waals surface area contributed by atoms with Crippen molar-refractivity contribution in [3.8, 4) is 0 Å². The highest BCUT2D eigenvalue weighted by molar-refractivity contribution is 5.45. The van der Waals surface area contributed by atoms with Crippen LogP contribution in [0, 0.1) is 0 Å². The van der Waals surface area contributed by atoms with Gasteiger partial charge in [-0.15, -0.1) is 0 Å². The second-order valence-corrected chi connectivity index (χ2v) is 3.94.